The molecular formula is C14H19N5. The van der Waals surface area contributed by atoms with E-state index in [2.05, 4.69) is 27.0 Å². The predicted molar refractivity (Wildman–Crippen MR) is 76.0 cm³/mol. The Morgan fingerprint density at radius 1 is 1.21 bits per heavy atom. The molecule has 1 aromatic carbocycles. The third kappa shape index (κ3) is 2.26. The predicted octanol–water partition coefficient (Wildman–Crippen LogP) is 1.73. The normalized spacial score (nSPS) is 23.8. The molecule has 1 aliphatic rings. The molecule has 1 aliphatic heterocycles. The SMILES string of the molecule is CC1CCCC(CN)N1c1nnc2ccccc2n1. The number of piperidine rings is 1. The maximum Gasteiger partial charge on any atom is 0.246 e. The fourth-order valence-electron chi connectivity index (χ4n) is 2.86. The van der Waals surface area contributed by atoms with Gasteiger partial charge in [-0.1, -0.05) is 12.1 Å². The van der Waals surface area contributed by atoms with E-state index < -0.39 is 0 Å². The number of nitrogens with zero attached hydrogens (tertiary/aromatic N) is 4. The molecule has 1 aromatic heterocycles. The lowest BCUT2D eigenvalue weighted by atomic mass is 9.97. The van der Waals surface area contributed by atoms with Gasteiger partial charge in [-0.15, -0.1) is 10.2 Å². The standard InChI is InChI=1S/C14H19N5/c1-10-5-4-6-11(9-15)19(10)14-16-12-7-2-3-8-13(12)17-18-14/h2-3,7-8,10-11H,4-6,9,15H2,1H3. The van der Waals surface area contributed by atoms with Gasteiger partial charge in [0.2, 0.25) is 5.95 Å². The molecule has 5 nitrogen and oxygen atoms in total. The highest BCUT2D eigenvalue weighted by Gasteiger charge is 2.29. The number of hydrogen-bond donors (Lipinski definition) is 1. The van der Waals surface area contributed by atoms with Crippen molar-refractivity contribution in [2.24, 2.45) is 5.73 Å². The Morgan fingerprint density at radius 3 is 2.79 bits per heavy atom. The molecule has 1 saturated heterocycles. The van der Waals surface area contributed by atoms with E-state index in [1.165, 1.54) is 6.42 Å². The second-order valence-electron chi connectivity index (χ2n) is 5.18. The zero-order chi connectivity index (χ0) is 13.2. The van der Waals surface area contributed by atoms with Crippen LogP contribution in [0.25, 0.3) is 11.0 Å². The first kappa shape index (κ1) is 12.3. The Kier molecular flexibility index (Phi) is 3.29. The van der Waals surface area contributed by atoms with Gasteiger partial charge in [0.05, 0.1) is 5.52 Å². The summed E-state index contributed by atoms with van der Waals surface area (Å²) in [6.07, 6.45) is 3.49. The van der Waals surface area contributed by atoms with Crippen molar-refractivity contribution in [1.82, 2.24) is 15.2 Å². The zero-order valence-corrected chi connectivity index (χ0v) is 11.2. The zero-order valence-electron chi connectivity index (χ0n) is 11.2. The second kappa shape index (κ2) is 5.09. The van der Waals surface area contributed by atoms with Crippen molar-refractivity contribution in [2.45, 2.75) is 38.3 Å². The van der Waals surface area contributed by atoms with E-state index in [4.69, 9.17) is 5.73 Å². The van der Waals surface area contributed by atoms with E-state index in [0.717, 1.165) is 23.9 Å². The van der Waals surface area contributed by atoms with Crippen molar-refractivity contribution in [3.8, 4) is 0 Å². The highest BCUT2D eigenvalue weighted by molar-refractivity contribution is 5.74. The van der Waals surface area contributed by atoms with Gasteiger partial charge in [-0.2, -0.15) is 0 Å². The molecule has 1 fully saturated rings. The molecule has 2 unspecified atom stereocenters. The summed E-state index contributed by atoms with van der Waals surface area (Å²) in [5.41, 5.74) is 7.61. The van der Waals surface area contributed by atoms with E-state index in [1.54, 1.807) is 0 Å². The highest BCUT2D eigenvalue weighted by atomic mass is 15.4. The smallest absolute Gasteiger partial charge is 0.246 e. The Balaban J connectivity index is 2.01. The number of fused-ring (bicyclic) bond motifs is 1. The number of hydrogen-bond acceptors (Lipinski definition) is 5. The van der Waals surface area contributed by atoms with Gasteiger partial charge in [-0.05, 0) is 38.3 Å². The van der Waals surface area contributed by atoms with Gasteiger partial charge in [-0.3, -0.25) is 0 Å². The molecule has 100 valence electrons. The van der Waals surface area contributed by atoms with Crippen LogP contribution in [0.5, 0.6) is 0 Å². The van der Waals surface area contributed by atoms with Crippen LogP contribution in [0.2, 0.25) is 0 Å². The molecular weight excluding hydrogens is 238 g/mol. The summed E-state index contributed by atoms with van der Waals surface area (Å²) in [6, 6.07) is 8.57. The summed E-state index contributed by atoms with van der Waals surface area (Å²) in [7, 11) is 0. The van der Waals surface area contributed by atoms with Crippen LogP contribution >= 0.6 is 0 Å². The van der Waals surface area contributed by atoms with E-state index in [9.17, 15) is 0 Å². The average Bonchev–Trinajstić information content (AvgIpc) is 2.46. The summed E-state index contributed by atoms with van der Waals surface area (Å²) in [5.74, 6) is 0.710. The molecule has 2 aromatic rings. The van der Waals surface area contributed by atoms with Crippen molar-refractivity contribution in [3.63, 3.8) is 0 Å². The number of rotatable bonds is 2. The van der Waals surface area contributed by atoms with Gasteiger partial charge < -0.3 is 10.6 Å². The van der Waals surface area contributed by atoms with Gasteiger partial charge >= 0.3 is 0 Å². The van der Waals surface area contributed by atoms with Crippen LogP contribution in [0.1, 0.15) is 26.2 Å². The first-order chi connectivity index (χ1) is 9.29. The van der Waals surface area contributed by atoms with Gasteiger partial charge in [0.15, 0.2) is 0 Å². The van der Waals surface area contributed by atoms with Crippen LogP contribution in [-0.2, 0) is 0 Å². The van der Waals surface area contributed by atoms with E-state index in [0.29, 0.717) is 24.6 Å². The van der Waals surface area contributed by atoms with Gasteiger partial charge in [0, 0.05) is 18.6 Å². The van der Waals surface area contributed by atoms with Crippen molar-refractivity contribution >= 4 is 17.0 Å². The van der Waals surface area contributed by atoms with Crippen LogP contribution in [0, 0.1) is 0 Å². The van der Waals surface area contributed by atoms with Crippen LogP contribution in [0.3, 0.4) is 0 Å². The molecule has 5 heteroatoms. The molecule has 0 saturated carbocycles. The Morgan fingerprint density at radius 2 is 2.00 bits per heavy atom. The number of benzene rings is 1. The van der Waals surface area contributed by atoms with Crippen LogP contribution in [0.15, 0.2) is 24.3 Å². The van der Waals surface area contributed by atoms with Gasteiger partial charge in [-0.25, -0.2) is 4.98 Å². The fraction of sp³-hybridized carbons (Fsp3) is 0.500. The van der Waals surface area contributed by atoms with Gasteiger partial charge in [0.25, 0.3) is 0 Å². The molecule has 19 heavy (non-hydrogen) atoms. The minimum Gasteiger partial charge on any atom is -0.333 e. The maximum absolute atomic E-state index is 5.89. The van der Waals surface area contributed by atoms with E-state index in [-0.39, 0.29) is 0 Å². The molecule has 2 heterocycles. The molecule has 2 atom stereocenters. The topological polar surface area (TPSA) is 67.9 Å². The first-order valence-corrected chi connectivity index (χ1v) is 6.87. The third-order valence-electron chi connectivity index (χ3n) is 3.88. The van der Waals surface area contributed by atoms with Crippen molar-refractivity contribution in [2.75, 3.05) is 11.4 Å². The van der Waals surface area contributed by atoms with Gasteiger partial charge in [0.1, 0.15) is 5.52 Å². The van der Waals surface area contributed by atoms with Crippen LogP contribution < -0.4 is 10.6 Å². The van der Waals surface area contributed by atoms with Crippen LogP contribution in [-0.4, -0.2) is 33.8 Å². The van der Waals surface area contributed by atoms with Crippen LogP contribution in [0.4, 0.5) is 5.95 Å². The lowest BCUT2D eigenvalue weighted by Crippen LogP contribution is -2.49. The monoisotopic (exact) mass is 257 g/mol. The average molecular weight is 257 g/mol. The minimum absolute atomic E-state index is 0.326. The summed E-state index contributed by atoms with van der Waals surface area (Å²) in [6.45, 7) is 2.85. The van der Waals surface area contributed by atoms with Crippen molar-refractivity contribution in [1.29, 1.82) is 0 Å². The minimum atomic E-state index is 0.326. The quantitative estimate of drug-likeness (QED) is 0.887. The van der Waals surface area contributed by atoms with Crippen molar-refractivity contribution in [3.05, 3.63) is 24.3 Å². The third-order valence-corrected chi connectivity index (χ3v) is 3.88. The number of para-hydroxylation sites is 1. The fourth-order valence-corrected chi connectivity index (χ4v) is 2.86. The molecule has 2 N–H and O–H groups in total. The molecule has 0 aliphatic carbocycles. The number of nitrogens with two attached hydrogens (primary N) is 1. The Bertz CT molecular complexity index is 571. The lowest BCUT2D eigenvalue weighted by Gasteiger charge is -2.40. The van der Waals surface area contributed by atoms with E-state index >= 15 is 0 Å². The first-order valence-electron chi connectivity index (χ1n) is 6.87. The summed E-state index contributed by atoms with van der Waals surface area (Å²) < 4.78 is 0. The molecule has 3 rings (SSSR count). The second-order valence-corrected chi connectivity index (χ2v) is 5.18. The summed E-state index contributed by atoms with van der Waals surface area (Å²) in [4.78, 5) is 6.88. The molecule has 0 spiro atoms. The molecule has 0 radical (unpaired) electrons. The largest absolute Gasteiger partial charge is 0.333 e. The Hall–Kier alpha value is -1.75. The molecule has 0 bridgehead atoms. The van der Waals surface area contributed by atoms with E-state index in [1.807, 2.05) is 24.3 Å². The summed E-state index contributed by atoms with van der Waals surface area (Å²) >= 11 is 0. The number of aromatic nitrogens is 3. The number of anilines is 1. The van der Waals surface area contributed by atoms with Crippen molar-refractivity contribution < 1.29 is 0 Å². The summed E-state index contributed by atoms with van der Waals surface area (Å²) in [5, 5.41) is 8.55. The maximum atomic E-state index is 5.89. The lowest BCUT2D eigenvalue weighted by molar-refractivity contribution is 0.393. The highest BCUT2D eigenvalue weighted by Crippen LogP contribution is 2.26. The Labute approximate surface area is 112 Å². The molecule has 0 amide bonds.